The topological polar surface area (TPSA) is 61.4 Å². The van der Waals surface area contributed by atoms with E-state index < -0.39 is 5.97 Å². The first-order chi connectivity index (χ1) is 11.9. The molecule has 0 aromatic heterocycles. The van der Waals surface area contributed by atoms with Crippen molar-refractivity contribution in [2.24, 2.45) is 0 Å². The Morgan fingerprint density at radius 1 is 0.720 bits per heavy atom. The summed E-state index contributed by atoms with van der Waals surface area (Å²) in [6, 6.07) is 0. The summed E-state index contributed by atoms with van der Waals surface area (Å²) in [5, 5.41) is 15.5. The maximum Gasteiger partial charge on any atom is 0.303 e. The number of aliphatic carboxylic acids is 1. The second-order valence-corrected chi connectivity index (χ2v) is 8.34. The zero-order valence-electron chi connectivity index (χ0n) is 17.2. The fraction of sp³-hybridized carbons (Fsp3) is 0.952. The molecule has 150 valence electrons. The summed E-state index contributed by atoms with van der Waals surface area (Å²) in [5.41, 5.74) is 0.202. The van der Waals surface area contributed by atoms with Gasteiger partial charge in [-0.3, -0.25) is 10.1 Å². The third-order valence-corrected chi connectivity index (χ3v) is 4.49. The lowest BCUT2D eigenvalue weighted by Gasteiger charge is -2.20. The van der Waals surface area contributed by atoms with Crippen molar-refractivity contribution in [2.45, 2.75) is 116 Å². The monoisotopic (exact) mass is 356 g/mol. The Hall–Kier alpha value is -0.610. The summed E-state index contributed by atoms with van der Waals surface area (Å²) in [6.07, 6.45) is 16.9. The molecule has 25 heavy (non-hydrogen) atoms. The third-order valence-electron chi connectivity index (χ3n) is 4.49. The molecule has 0 fully saturated rings. The van der Waals surface area contributed by atoms with Crippen LogP contribution >= 0.6 is 0 Å². The summed E-state index contributed by atoms with van der Waals surface area (Å²) in [5.74, 6) is -0.659. The molecule has 0 saturated carbocycles. The van der Waals surface area contributed by atoms with E-state index in [0.29, 0.717) is 6.42 Å². The average molecular weight is 357 g/mol. The fourth-order valence-electron chi connectivity index (χ4n) is 2.89. The van der Waals surface area contributed by atoms with Gasteiger partial charge in [0.25, 0.3) is 0 Å². The first-order valence-electron chi connectivity index (χ1n) is 10.6. The second-order valence-electron chi connectivity index (χ2n) is 8.34. The maximum absolute atomic E-state index is 10.4. The number of hydrogen-bond donors (Lipinski definition) is 3. The largest absolute Gasteiger partial charge is 0.481 e. The molecular formula is C21H44N2O2. The van der Waals surface area contributed by atoms with Crippen molar-refractivity contribution in [1.29, 1.82) is 0 Å². The molecule has 0 rings (SSSR count). The SMILES string of the molecule is CC(C)(C)NCNCCCCCCCCCCCCCCCC(=O)O. The molecule has 0 aromatic rings. The lowest BCUT2D eigenvalue weighted by Crippen LogP contribution is -2.42. The van der Waals surface area contributed by atoms with E-state index in [2.05, 4.69) is 31.4 Å². The highest BCUT2D eigenvalue weighted by atomic mass is 16.4. The molecule has 3 N–H and O–H groups in total. The highest BCUT2D eigenvalue weighted by molar-refractivity contribution is 5.66. The molecule has 0 spiro atoms. The van der Waals surface area contributed by atoms with Gasteiger partial charge in [0.15, 0.2) is 0 Å². The molecule has 0 aliphatic rings. The Bertz CT molecular complexity index is 301. The van der Waals surface area contributed by atoms with Crippen molar-refractivity contribution in [3.05, 3.63) is 0 Å². The molecule has 0 saturated heterocycles. The molecule has 0 amide bonds. The van der Waals surface area contributed by atoms with Crippen LogP contribution in [0, 0.1) is 0 Å². The number of hydrogen-bond acceptors (Lipinski definition) is 3. The van der Waals surface area contributed by atoms with Gasteiger partial charge >= 0.3 is 5.97 Å². The predicted molar refractivity (Wildman–Crippen MR) is 108 cm³/mol. The molecular weight excluding hydrogens is 312 g/mol. The van der Waals surface area contributed by atoms with Crippen LogP contribution in [0.1, 0.15) is 111 Å². The first kappa shape index (κ1) is 24.4. The summed E-state index contributed by atoms with van der Waals surface area (Å²) < 4.78 is 0. The number of unbranched alkanes of at least 4 members (excludes halogenated alkanes) is 12. The number of nitrogens with one attached hydrogen (secondary N) is 2. The van der Waals surface area contributed by atoms with E-state index in [9.17, 15) is 4.79 Å². The highest BCUT2D eigenvalue weighted by Gasteiger charge is 2.06. The number of rotatable bonds is 18. The van der Waals surface area contributed by atoms with Gasteiger partial charge in [0, 0.05) is 18.6 Å². The van der Waals surface area contributed by atoms with Gasteiger partial charge in [0.05, 0.1) is 0 Å². The second kappa shape index (κ2) is 16.8. The zero-order chi connectivity index (χ0) is 18.8. The van der Waals surface area contributed by atoms with Crippen molar-refractivity contribution in [1.82, 2.24) is 10.6 Å². The number of carbonyl (C=O) groups is 1. The summed E-state index contributed by atoms with van der Waals surface area (Å²) in [7, 11) is 0. The van der Waals surface area contributed by atoms with E-state index in [4.69, 9.17) is 5.11 Å². The minimum atomic E-state index is -0.659. The van der Waals surface area contributed by atoms with E-state index in [1.807, 2.05) is 0 Å². The van der Waals surface area contributed by atoms with Gasteiger partial charge in [-0.2, -0.15) is 0 Å². The number of carboxylic acid groups (broad SMARTS) is 1. The van der Waals surface area contributed by atoms with E-state index in [1.165, 1.54) is 70.6 Å². The Balaban J connectivity index is 3.04. The van der Waals surface area contributed by atoms with Crippen LogP contribution < -0.4 is 10.6 Å². The van der Waals surface area contributed by atoms with E-state index in [1.54, 1.807) is 0 Å². The van der Waals surface area contributed by atoms with Crippen LogP contribution in [0.25, 0.3) is 0 Å². The molecule has 4 heteroatoms. The molecule has 4 nitrogen and oxygen atoms in total. The van der Waals surface area contributed by atoms with Gasteiger partial charge in [-0.15, -0.1) is 0 Å². The fourth-order valence-corrected chi connectivity index (χ4v) is 2.89. The quantitative estimate of drug-likeness (QED) is 0.225. The Morgan fingerprint density at radius 3 is 1.52 bits per heavy atom. The Morgan fingerprint density at radius 2 is 1.12 bits per heavy atom. The lowest BCUT2D eigenvalue weighted by atomic mass is 10.0. The van der Waals surface area contributed by atoms with Crippen LogP contribution in [0.3, 0.4) is 0 Å². The minimum absolute atomic E-state index is 0.202. The van der Waals surface area contributed by atoms with Crippen molar-refractivity contribution in [2.75, 3.05) is 13.2 Å². The van der Waals surface area contributed by atoms with Crippen LogP contribution in [0.5, 0.6) is 0 Å². The standard InChI is InChI=1S/C21H44N2O2/c1-21(2,3)23-19-22-18-16-14-12-10-8-6-4-5-7-9-11-13-15-17-20(24)25/h22-23H,4-19H2,1-3H3,(H,24,25). The molecule has 0 aromatic carbocycles. The predicted octanol–water partition coefficient (Wildman–Crippen LogP) is 5.47. The van der Waals surface area contributed by atoms with Crippen molar-refractivity contribution >= 4 is 5.97 Å². The van der Waals surface area contributed by atoms with E-state index >= 15 is 0 Å². The maximum atomic E-state index is 10.4. The van der Waals surface area contributed by atoms with Crippen molar-refractivity contribution in [3.8, 4) is 0 Å². The van der Waals surface area contributed by atoms with E-state index in [0.717, 1.165) is 26.1 Å². The van der Waals surface area contributed by atoms with Crippen LogP contribution in [-0.2, 0) is 4.79 Å². The van der Waals surface area contributed by atoms with Gasteiger partial charge < -0.3 is 10.4 Å². The highest BCUT2D eigenvalue weighted by Crippen LogP contribution is 2.12. The third kappa shape index (κ3) is 23.4. The molecule has 0 aliphatic carbocycles. The Kier molecular flexibility index (Phi) is 16.4. The van der Waals surface area contributed by atoms with Gasteiger partial charge in [0.1, 0.15) is 0 Å². The van der Waals surface area contributed by atoms with Crippen LogP contribution in [0.2, 0.25) is 0 Å². The lowest BCUT2D eigenvalue weighted by molar-refractivity contribution is -0.137. The Labute approximate surface area is 156 Å². The van der Waals surface area contributed by atoms with Gasteiger partial charge in [0.2, 0.25) is 0 Å². The van der Waals surface area contributed by atoms with Crippen LogP contribution in [-0.4, -0.2) is 29.8 Å². The summed E-state index contributed by atoms with van der Waals surface area (Å²) in [6.45, 7) is 8.60. The van der Waals surface area contributed by atoms with E-state index in [-0.39, 0.29) is 5.54 Å². The first-order valence-corrected chi connectivity index (χ1v) is 10.6. The minimum Gasteiger partial charge on any atom is -0.481 e. The molecule has 0 aliphatic heterocycles. The summed E-state index contributed by atoms with van der Waals surface area (Å²) in [4.78, 5) is 10.4. The molecule has 0 heterocycles. The molecule has 0 unspecified atom stereocenters. The van der Waals surface area contributed by atoms with Gasteiger partial charge in [-0.1, -0.05) is 70.6 Å². The molecule has 0 radical (unpaired) electrons. The van der Waals surface area contributed by atoms with Crippen LogP contribution in [0.4, 0.5) is 0 Å². The average Bonchev–Trinajstić information content (AvgIpc) is 2.52. The number of carboxylic acids is 1. The summed E-state index contributed by atoms with van der Waals surface area (Å²) >= 11 is 0. The molecule has 0 atom stereocenters. The zero-order valence-corrected chi connectivity index (χ0v) is 17.2. The van der Waals surface area contributed by atoms with Gasteiger partial charge in [-0.25, -0.2) is 0 Å². The van der Waals surface area contributed by atoms with Crippen molar-refractivity contribution < 1.29 is 9.90 Å². The molecule has 0 bridgehead atoms. The van der Waals surface area contributed by atoms with Crippen molar-refractivity contribution in [3.63, 3.8) is 0 Å². The van der Waals surface area contributed by atoms with Gasteiger partial charge in [-0.05, 0) is 40.2 Å². The van der Waals surface area contributed by atoms with Crippen LogP contribution in [0.15, 0.2) is 0 Å². The smallest absolute Gasteiger partial charge is 0.303 e. The normalized spacial score (nSPS) is 11.8.